The molecule has 1 amide bonds. The summed E-state index contributed by atoms with van der Waals surface area (Å²) >= 11 is 0. The number of aliphatic hydroxyl groups is 3. The van der Waals surface area contributed by atoms with Crippen LogP contribution in [0.15, 0.2) is 12.2 Å². The second-order valence-corrected chi connectivity index (χ2v) is 12.1. The maximum absolute atomic E-state index is 13.4. The van der Waals surface area contributed by atoms with Gasteiger partial charge < -0.3 is 49.1 Å². The van der Waals surface area contributed by atoms with Crippen molar-refractivity contribution < 1.29 is 48.5 Å². The second kappa shape index (κ2) is 14.3. The van der Waals surface area contributed by atoms with Crippen LogP contribution in [-0.4, -0.2) is 104 Å². The van der Waals surface area contributed by atoms with Crippen LogP contribution in [0, 0.1) is 11.3 Å². The van der Waals surface area contributed by atoms with Gasteiger partial charge in [-0.1, -0.05) is 52.2 Å². The van der Waals surface area contributed by atoms with E-state index >= 15 is 0 Å². The largest absolute Gasteiger partial charge is 0.396 e. The summed E-state index contributed by atoms with van der Waals surface area (Å²) in [4.78, 5) is 13.4. The maximum atomic E-state index is 13.4. The zero-order valence-corrected chi connectivity index (χ0v) is 25.0. The molecule has 0 aromatic carbocycles. The molecule has 232 valence electrons. The molecule has 10 atom stereocenters. The zero-order valence-electron chi connectivity index (χ0n) is 25.0. The number of aliphatic hydroxyl groups excluding tert-OH is 3. The number of carbonyl (C=O) groups excluding carboxylic acids is 1. The second-order valence-electron chi connectivity index (χ2n) is 12.1. The van der Waals surface area contributed by atoms with E-state index in [1.54, 1.807) is 7.11 Å². The van der Waals surface area contributed by atoms with Crippen molar-refractivity contribution in [2.75, 3.05) is 27.6 Å². The fraction of sp³-hybridized carbons (Fsp3) is 0.897. The molecule has 3 aliphatic rings. The monoisotopic (exact) mass is 573 g/mol. The zero-order chi connectivity index (χ0) is 29.7. The molecule has 0 radical (unpaired) electrons. The molecule has 0 spiro atoms. The van der Waals surface area contributed by atoms with Crippen molar-refractivity contribution in [1.29, 1.82) is 0 Å². The molecule has 0 saturated carbocycles. The van der Waals surface area contributed by atoms with Gasteiger partial charge in [-0.3, -0.25) is 4.79 Å². The van der Waals surface area contributed by atoms with Gasteiger partial charge in [-0.05, 0) is 19.8 Å². The van der Waals surface area contributed by atoms with E-state index in [1.165, 1.54) is 7.11 Å². The summed E-state index contributed by atoms with van der Waals surface area (Å²) in [6.45, 7) is 12.0. The lowest BCUT2D eigenvalue weighted by molar-refractivity contribution is -0.332. The summed E-state index contributed by atoms with van der Waals surface area (Å²) in [6, 6.07) is 0. The van der Waals surface area contributed by atoms with Crippen LogP contribution in [0.4, 0.5) is 0 Å². The number of methoxy groups -OCH3 is 2. The minimum Gasteiger partial charge on any atom is -0.396 e. The van der Waals surface area contributed by atoms with Gasteiger partial charge in [0, 0.05) is 45.0 Å². The Morgan fingerprint density at radius 3 is 2.45 bits per heavy atom. The van der Waals surface area contributed by atoms with Crippen molar-refractivity contribution in [3.63, 3.8) is 0 Å². The Kier molecular flexibility index (Phi) is 12.0. The summed E-state index contributed by atoms with van der Waals surface area (Å²) in [7, 11) is 3.00. The van der Waals surface area contributed by atoms with E-state index in [2.05, 4.69) is 11.9 Å². The van der Waals surface area contributed by atoms with Crippen LogP contribution in [0.1, 0.15) is 72.6 Å². The van der Waals surface area contributed by atoms with Crippen LogP contribution in [0.3, 0.4) is 0 Å². The lowest BCUT2D eigenvalue weighted by Crippen LogP contribution is -2.69. The van der Waals surface area contributed by atoms with Crippen molar-refractivity contribution in [1.82, 2.24) is 5.32 Å². The van der Waals surface area contributed by atoms with Crippen LogP contribution in [-0.2, 0) is 33.2 Å². The SMILES string of the molecule is C=C1C[C@](OC)([C@H](O)C(=O)NC2OCOC3C2O[C@H](C[C@H](O)CCCCCCO)C(C)(C)[C@@H]3OC)O[C@H](C)[C@@H]1C. The van der Waals surface area contributed by atoms with Gasteiger partial charge in [0.2, 0.25) is 5.79 Å². The maximum Gasteiger partial charge on any atom is 0.256 e. The molecule has 0 aromatic rings. The Morgan fingerprint density at radius 2 is 1.82 bits per heavy atom. The van der Waals surface area contributed by atoms with Crippen LogP contribution in [0.25, 0.3) is 0 Å². The van der Waals surface area contributed by atoms with E-state index < -0.39 is 60.0 Å². The third-order valence-corrected chi connectivity index (χ3v) is 9.00. The summed E-state index contributed by atoms with van der Waals surface area (Å²) < 4.78 is 35.7. The van der Waals surface area contributed by atoms with Crippen molar-refractivity contribution >= 4 is 5.91 Å². The first-order valence-corrected chi connectivity index (χ1v) is 14.5. The molecule has 11 nitrogen and oxygen atoms in total. The van der Waals surface area contributed by atoms with E-state index in [-0.39, 0.29) is 31.8 Å². The normalized spacial score (nSPS) is 37.4. The van der Waals surface area contributed by atoms with E-state index in [0.717, 1.165) is 31.3 Å². The minimum absolute atomic E-state index is 0.0518. The summed E-state index contributed by atoms with van der Waals surface area (Å²) in [5.74, 6) is -2.26. The first-order valence-electron chi connectivity index (χ1n) is 14.5. The van der Waals surface area contributed by atoms with Crippen LogP contribution < -0.4 is 5.32 Å². The molecule has 4 N–H and O–H groups in total. The standard InChI is InChI=1S/C29H51NO10/c1-17-15-29(36-7,40-19(3)18(17)2)24(33)26(34)30-27-23-22(37-16-38-27)25(35-6)28(4,5)21(39-23)14-20(32)12-10-8-9-11-13-31/h18-25,27,31-33H,1,8-16H2,2-7H3,(H,30,34)/t18-,19-,20-,21-,22?,23?,24-,25-,27?,29-/m1/s1. The quantitative estimate of drug-likeness (QED) is 0.191. The minimum atomic E-state index is -1.66. The Hall–Kier alpha value is -1.15. The van der Waals surface area contributed by atoms with Gasteiger partial charge in [0.1, 0.15) is 19.0 Å². The molecule has 3 rings (SSSR count). The molecule has 3 aliphatic heterocycles. The van der Waals surface area contributed by atoms with Crippen molar-refractivity contribution in [2.24, 2.45) is 11.3 Å². The molecule has 3 saturated heterocycles. The first kappa shape index (κ1) is 33.4. The smallest absolute Gasteiger partial charge is 0.256 e. The third-order valence-electron chi connectivity index (χ3n) is 9.00. The Morgan fingerprint density at radius 1 is 1.12 bits per heavy atom. The topological polar surface area (TPSA) is 145 Å². The predicted molar refractivity (Wildman–Crippen MR) is 146 cm³/mol. The first-order chi connectivity index (χ1) is 18.9. The number of ether oxygens (including phenoxy) is 6. The number of carbonyl (C=O) groups is 1. The number of fused-ring (bicyclic) bond motifs is 1. The van der Waals surface area contributed by atoms with E-state index in [1.807, 2.05) is 27.7 Å². The van der Waals surface area contributed by atoms with Crippen molar-refractivity contribution in [3.05, 3.63) is 12.2 Å². The van der Waals surface area contributed by atoms with Crippen LogP contribution >= 0.6 is 0 Å². The van der Waals surface area contributed by atoms with E-state index in [4.69, 9.17) is 33.5 Å². The van der Waals surface area contributed by atoms with Gasteiger partial charge >= 0.3 is 0 Å². The lowest BCUT2D eigenvalue weighted by atomic mass is 9.72. The predicted octanol–water partition coefficient (Wildman–Crippen LogP) is 2.01. The van der Waals surface area contributed by atoms with Gasteiger partial charge in [0.05, 0.1) is 24.4 Å². The van der Waals surface area contributed by atoms with Gasteiger partial charge in [-0.25, -0.2) is 0 Å². The van der Waals surface area contributed by atoms with Crippen LogP contribution in [0.2, 0.25) is 0 Å². The summed E-state index contributed by atoms with van der Waals surface area (Å²) in [6.07, 6.45) is -0.971. The highest BCUT2D eigenvalue weighted by atomic mass is 16.7. The average Bonchev–Trinajstić information content (AvgIpc) is 2.91. The number of amides is 1. The van der Waals surface area contributed by atoms with Crippen LogP contribution in [0.5, 0.6) is 0 Å². The fourth-order valence-electron chi connectivity index (χ4n) is 6.14. The number of hydrogen-bond acceptors (Lipinski definition) is 10. The number of hydrogen-bond donors (Lipinski definition) is 4. The van der Waals surface area contributed by atoms with Crippen molar-refractivity contribution in [2.45, 2.75) is 127 Å². The van der Waals surface area contributed by atoms with Gasteiger partial charge in [0.25, 0.3) is 5.91 Å². The molecule has 0 aliphatic carbocycles. The number of unbranched alkanes of at least 4 members (excludes halogenated alkanes) is 3. The molecule has 3 unspecified atom stereocenters. The molecule has 11 heteroatoms. The molecule has 3 heterocycles. The van der Waals surface area contributed by atoms with E-state index in [9.17, 15) is 15.0 Å². The summed E-state index contributed by atoms with van der Waals surface area (Å²) in [5.41, 5.74) is 0.313. The molecule has 0 aromatic heterocycles. The fourth-order valence-corrected chi connectivity index (χ4v) is 6.14. The molecular formula is C29H51NO10. The molecule has 3 fully saturated rings. The summed E-state index contributed by atoms with van der Waals surface area (Å²) in [5, 5.41) is 33.7. The molecule has 40 heavy (non-hydrogen) atoms. The Bertz CT molecular complexity index is 840. The average molecular weight is 574 g/mol. The highest BCUT2D eigenvalue weighted by Gasteiger charge is 2.57. The Balaban J connectivity index is 1.71. The lowest BCUT2D eigenvalue weighted by Gasteiger charge is -2.54. The molecular weight excluding hydrogens is 522 g/mol. The van der Waals surface area contributed by atoms with Crippen molar-refractivity contribution in [3.8, 4) is 0 Å². The Labute approximate surface area is 238 Å². The van der Waals surface area contributed by atoms with E-state index in [0.29, 0.717) is 12.8 Å². The van der Waals surface area contributed by atoms with Gasteiger partial charge in [-0.2, -0.15) is 0 Å². The molecule has 0 bridgehead atoms. The highest BCUT2D eigenvalue weighted by molar-refractivity contribution is 5.82. The number of nitrogens with one attached hydrogen (secondary N) is 1. The third kappa shape index (κ3) is 7.25. The van der Waals surface area contributed by atoms with Gasteiger partial charge in [-0.15, -0.1) is 0 Å². The highest BCUT2D eigenvalue weighted by Crippen LogP contribution is 2.44. The number of rotatable bonds is 13. The van der Waals surface area contributed by atoms with Gasteiger partial charge in [0.15, 0.2) is 12.3 Å².